The maximum absolute atomic E-state index is 12.2. The van der Waals surface area contributed by atoms with Crippen LogP contribution in [0.25, 0.3) is 0 Å². The number of halogens is 1. The second-order valence-corrected chi connectivity index (χ2v) is 7.13. The number of thioether (sulfide) groups is 1. The van der Waals surface area contributed by atoms with Crippen molar-refractivity contribution in [2.75, 3.05) is 18.1 Å². The van der Waals surface area contributed by atoms with E-state index < -0.39 is 0 Å². The fourth-order valence-electron chi connectivity index (χ4n) is 2.22. The number of benzene rings is 2. The summed E-state index contributed by atoms with van der Waals surface area (Å²) >= 11 is 7.49. The molecule has 2 aromatic rings. The molecule has 2 rings (SSSR count). The summed E-state index contributed by atoms with van der Waals surface area (Å²) in [4.78, 5) is 25.2. The molecule has 4 nitrogen and oxygen atoms in total. The van der Waals surface area contributed by atoms with Gasteiger partial charge in [-0.05, 0) is 29.3 Å². The highest BCUT2D eigenvalue weighted by molar-refractivity contribution is 7.99. The summed E-state index contributed by atoms with van der Waals surface area (Å²) in [7, 11) is 1.74. The summed E-state index contributed by atoms with van der Waals surface area (Å²) in [5.41, 5.74) is 2.74. The van der Waals surface area contributed by atoms with Gasteiger partial charge in [0.05, 0.1) is 5.75 Å². The molecule has 0 aliphatic heterocycles. The van der Waals surface area contributed by atoms with E-state index in [2.05, 4.69) is 5.32 Å². The van der Waals surface area contributed by atoms with Gasteiger partial charge in [-0.25, -0.2) is 0 Å². The van der Waals surface area contributed by atoms with E-state index in [1.54, 1.807) is 11.9 Å². The van der Waals surface area contributed by atoms with Crippen LogP contribution >= 0.6 is 23.4 Å². The Kier molecular flexibility index (Phi) is 7.34. The molecule has 6 heteroatoms. The summed E-state index contributed by atoms with van der Waals surface area (Å²) in [6.45, 7) is 1.98. The first kappa shape index (κ1) is 19.3. The highest BCUT2D eigenvalue weighted by Crippen LogP contribution is 2.19. The van der Waals surface area contributed by atoms with Crippen LogP contribution in [0.15, 0.2) is 48.5 Å². The molecular weight excluding hydrogens is 356 g/mol. The lowest BCUT2D eigenvalue weighted by Crippen LogP contribution is -2.24. The molecule has 0 aliphatic carbocycles. The number of hydrogen-bond acceptors (Lipinski definition) is 3. The minimum absolute atomic E-state index is 0.0155. The van der Waals surface area contributed by atoms with Crippen LogP contribution in [0.2, 0.25) is 5.02 Å². The molecule has 0 heterocycles. The summed E-state index contributed by atoms with van der Waals surface area (Å²) in [5, 5.41) is 3.63. The molecule has 0 aliphatic rings. The molecule has 0 spiro atoms. The predicted octanol–water partition coefficient (Wildman–Crippen LogP) is 4.19. The number of hydrogen-bond donors (Lipinski definition) is 1. The lowest BCUT2D eigenvalue weighted by atomic mass is 10.1. The largest absolute Gasteiger partial charge is 0.342 e. The second kappa shape index (κ2) is 9.49. The third kappa shape index (κ3) is 6.44. The minimum atomic E-state index is -0.0649. The molecule has 132 valence electrons. The highest BCUT2D eigenvalue weighted by Gasteiger charge is 2.10. The van der Waals surface area contributed by atoms with Crippen molar-refractivity contribution in [1.29, 1.82) is 0 Å². The zero-order chi connectivity index (χ0) is 18.2. The molecular formula is C19H21ClN2O2S. The second-order valence-electron chi connectivity index (χ2n) is 5.70. The van der Waals surface area contributed by atoms with Crippen molar-refractivity contribution >= 4 is 40.9 Å². The van der Waals surface area contributed by atoms with Crippen LogP contribution < -0.4 is 5.32 Å². The van der Waals surface area contributed by atoms with Gasteiger partial charge in [-0.15, -0.1) is 11.8 Å². The fourth-order valence-corrected chi connectivity index (χ4v) is 3.21. The molecule has 1 N–H and O–H groups in total. The van der Waals surface area contributed by atoms with Gasteiger partial charge in [0.2, 0.25) is 11.8 Å². The molecule has 0 fully saturated rings. The Hall–Kier alpha value is -1.98. The molecule has 25 heavy (non-hydrogen) atoms. The average molecular weight is 377 g/mol. The van der Waals surface area contributed by atoms with Crippen molar-refractivity contribution in [3.8, 4) is 0 Å². The molecule has 2 aromatic carbocycles. The maximum atomic E-state index is 12.2. The van der Waals surface area contributed by atoms with Gasteiger partial charge in [0.25, 0.3) is 0 Å². The van der Waals surface area contributed by atoms with Crippen molar-refractivity contribution in [2.45, 2.75) is 19.2 Å². The van der Waals surface area contributed by atoms with Crippen molar-refractivity contribution in [1.82, 2.24) is 4.90 Å². The van der Waals surface area contributed by atoms with E-state index in [0.29, 0.717) is 17.3 Å². The fraction of sp³-hybridized carbons (Fsp3) is 0.263. The number of anilines is 1. The van der Waals surface area contributed by atoms with E-state index in [1.807, 2.05) is 48.5 Å². The van der Waals surface area contributed by atoms with E-state index >= 15 is 0 Å². The topological polar surface area (TPSA) is 49.4 Å². The molecule has 0 atom stereocenters. The zero-order valence-electron chi connectivity index (χ0n) is 14.3. The number of amides is 2. The molecule has 0 bridgehead atoms. The molecule has 0 radical (unpaired) electrons. The molecule has 0 saturated heterocycles. The SMILES string of the molecule is CC(=O)N(C)Cc1ccccc1NC(=O)CSCc1cccc(Cl)c1. The van der Waals surface area contributed by atoms with Crippen LogP contribution in [0.5, 0.6) is 0 Å². The highest BCUT2D eigenvalue weighted by atomic mass is 35.5. The first-order chi connectivity index (χ1) is 12.0. The quantitative estimate of drug-likeness (QED) is 0.788. The van der Waals surface area contributed by atoms with Crippen LogP contribution in [0.4, 0.5) is 5.69 Å². The van der Waals surface area contributed by atoms with E-state index in [-0.39, 0.29) is 11.8 Å². The lowest BCUT2D eigenvalue weighted by molar-refractivity contribution is -0.128. The first-order valence-electron chi connectivity index (χ1n) is 7.87. The van der Waals surface area contributed by atoms with Crippen molar-refractivity contribution in [2.24, 2.45) is 0 Å². The molecule has 0 unspecified atom stereocenters. The van der Waals surface area contributed by atoms with Gasteiger partial charge in [-0.3, -0.25) is 9.59 Å². The Labute approximate surface area is 157 Å². The van der Waals surface area contributed by atoms with Crippen LogP contribution in [0.3, 0.4) is 0 Å². The number of carbonyl (C=O) groups excluding carboxylic acids is 2. The molecule has 2 amide bonds. The van der Waals surface area contributed by atoms with Gasteiger partial charge in [-0.2, -0.15) is 0 Å². The third-order valence-corrected chi connectivity index (χ3v) is 4.87. The number of nitrogens with zero attached hydrogens (tertiary/aromatic N) is 1. The van der Waals surface area contributed by atoms with Gasteiger partial charge in [0.15, 0.2) is 0 Å². The zero-order valence-corrected chi connectivity index (χ0v) is 15.9. The Balaban J connectivity index is 1.89. The smallest absolute Gasteiger partial charge is 0.234 e. The van der Waals surface area contributed by atoms with Gasteiger partial charge < -0.3 is 10.2 Å². The number of carbonyl (C=O) groups is 2. The summed E-state index contributed by atoms with van der Waals surface area (Å²) in [6.07, 6.45) is 0. The van der Waals surface area contributed by atoms with E-state index in [4.69, 9.17) is 11.6 Å². The Morgan fingerprint density at radius 1 is 1.16 bits per heavy atom. The number of para-hydroxylation sites is 1. The lowest BCUT2D eigenvalue weighted by Gasteiger charge is -2.17. The Morgan fingerprint density at radius 3 is 2.64 bits per heavy atom. The Bertz CT molecular complexity index is 752. The van der Waals surface area contributed by atoms with E-state index in [1.165, 1.54) is 18.7 Å². The van der Waals surface area contributed by atoms with Crippen LogP contribution in [0, 0.1) is 0 Å². The summed E-state index contributed by atoms with van der Waals surface area (Å²) in [6, 6.07) is 15.1. The summed E-state index contributed by atoms with van der Waals surface area (Å²) in [5.74, 6) is 0.995. The predicted molar refractivity (Wildman–Crippen MR) is 105 cm³/mol. The molecule has 0 aromatic heterocycles. The van der Waals surface area contributed by atoms with Gasteiger partial charge in [0.1, 0.15) is 0 Å². The van der Waals surface area contributed by atoms with Gasteiger partial charge >= 0.3 is 0 Å². The Morgan fingerprint density at radius 2 is 1.92 bits per heavy atom. The third-order valence-electron chi connectivity index (χ3n) is 3.63. The number of nitrogens with one attached hydrogen (secondary N) is 1. The normalized spacial score (nSPS) is 10.4. The first-order valence-corrected chi connectivity index (χ1v) is 9.40. The average Bonchev–Trinajstić information content (AvgIpc) is 2.56. The van der Waals surface area contributed by atoms with Gasteiger partial charge in [0, 0.05) is 37.0 Å². The monoisotopic (exact) mass is 376 g/mol. The van der Waals surface area contributed by atoms with Crippen LogP contribution in [0.1, 0.15) is 18.1 Å². The van der Waals surface area contributed by atoms with Crippen molar-refractivity contribution in [3.63, 3.8) is 0 Å². The van der Waals surface area contributed by atoms with E-state index in [9.17, 15) is 9.59 Å². The number of rotatable bonds is 7. The van der Waals surface area contributed by atoms with Crippen molar-refractivity contribution < 1.29 is 9.59 Å². The van der Waals surface area contributed by atoms with Crippen LogP contribution in [-0.4, -0.2) is 29.5 Å². The van der Waals surface area contributed by atoms with E-state index in [0.717, 1.165) is 22.6 Å². The van der Waals surface area contributed by atoms with Crippen LogP contribution in [-0.2, 0) is 21.9 Å². The van der Waals surface area contributed by atoms with Gasteiger partial charge in [-0.1, -0.05) is 41.9 Å². The maximum Gasteiger partial charge on any atom is 0.234 e. The summed E-state index contributed by atoms with van der Waals surface area (Å²) < 4.78 is 0. The standard InChI is InChI=1S/C19H21ClN2O2S/c1-14(23)22(2)11-16-7-3-4-9-18(16)21-19(24)13-25-12-15-6-5-8-17(20)10-15/h3-10H,11-13H2,1-2H3,(H,21,24). The molecule has 0 saturated carbocycles. The minimum Gasteiger partial charge on any atom is -0.342 e. The van der Waals surface area contributed by atoms with Crippen molar-refractivity contribution in [3.05, 3.63) is 64.7 Å².